The number of nitrogen functional groups attached to an aromatic ring is 1. The zero-order valence-electron chi connectivity index (χ0n) is 10.5. The molecular formula is C14H11BrFNO3. The van der Waals surface area contributed by atoms with Gasteiger partial charge in [0.1, 0.15) is 22.9 Å². The van der Waals surface area contributed by atoms with Crippen LogP contribution in [0.4, 0.5) is 10.1 Å². The summed E-state index contributed by atoms with van der Waals surface area (Å²) in [5.41, 5.74) is 5.45. The van der Waals surface area contributed by atoms with Crippen LogP contribution in [0.25, 0.3) is 0 Å². The Labute approximate surface area is 123 Å². The first-order chi connectivity index (χ1) is 9.40. The first-order valence-corrected chi connectivity index (χ1v) is 6.44. The number of hydrogen-bond donors (Lipinski definition) is 2. The van der Waals surface area contributed by atoms with Gasteiger partial charge in [-0.2, -0.15) is 0 Å². The zero-order chi connectivity index (χ0) is 14.9. The average molecular weight is 340 g/mol. The quantitative estimate of drug-likeness (QED) is 0.830. The highest BCUT2D eigenvalue weighted by molar-refractivity contribution is 9.10. The predicted molar refractivity (Wildman–Crippen MR) is 76.7 cm³/mol. The fourth-order valence-corrected chi connectivity index (χ4v) is 2.02. The highest BCUT2D eigenvalue weighted by Gasteiger charge is 2.19. The molecule has 0 atom stereocenters. The minimum absolute atomic E-state index is 0.00222. The Morgan fingerprint density at radius 1 is 1.30 bits per heavy atom. The monoisotopic (exact) mass is 339 g/mol. The number of aryl methyl sites for hydroxylation is 1. The Hall–Kier alpha value is -2.08. The fourth-order valence-electron chi connectivity index (χ4n) is 1.68. The van der Waals surface area contributed by atoms with Crippen LogP contribution >= 0.6 is 15.9 Å². The largest absolute Gasteiger partial charge is 0.477 e. The van der Waals surface area contributed by atoms with Crippen molar-refractivity contribution in [3.8, 4) is 11.5 Å². The lowest BCUT2D eigenvalue weighted by molar-refractivity contribution is 0.0695. The summed E-state index contributed by atoms with van der Waals surface area (Å²) in [6.45, 7) is 1.81. The van der Waals surface area contributed by atoms with Gasteiger partial charge in [-0.1, -0.05) is 22.0 Å². The van der Waals surface area contributed by atoms with Crippen LogP contribution < -0.4 is 10.5 Å². The first kappa shape index (κ1) is 14.3. The van der Waals surface area contributed by atoms with Gasteiger partial charge in [-0.25, -0.2) is 9.18 Å². The molecule has 0 aliphatic carbocycles. The van der Waals surface area contributed by atoms with Gasteiger partial charge < -0.3 is 15.6 Å². The predicted octanol–water partition coefficient (Wildman–Crippen LogP) is 3.97. The SMILES string of the molecule is Cc1ccc(Br)cc1Oc1ccc(F)c(N)c1C(=O)O. The van der Waals surface area contributed by atoms with E-state index in [1.54, 1.807) is 6.07 Å². The maximum absolute atomic E-state index is 13.4. The number of ether oxygens (including phenoxy) is 1. The summed E-state index contributed by atoms with van der Waals surface area (Å²) in [6.07, 6.45) is 0. The van der Waals surface area contributed by atoms with Crippen LogP contribution in [0.5, 0.6) is 11.5 Å². The fraction of sp³-hybridized carbons (Fsp3) is 0.0714. The smallest absolute Gasteiger partial charge is 0.341 e. The molecule has 0 saturated heterocycles. The maximum Gasteiger partial charge on any atom is 0.341 e. The lowest BCUT2D eigenvalue weighted by Gasteiger charge is -2.13. The molecule has 0 unspecified atom stereocenters. The van der Waals surface area contributed by atoms with Crippen molar-refractivity contribution in [3.63, 3.8) is 0 Å². The van der Waals surface area contributed by atoms with Crippen molar-refractivity contribution in [2.75, 3.05) is 5.73 Å². The van der Waals surface area contributed by atoms with E-state index in [-0.39, 0.29) is 11.3 Å². The molecule has 0 radical (unpaired) electrons. The lowest BCUT2D eigenvalue weighted by atomic mass is 10.1. The average Bonchev–Trinajstić information content (AvgIpc) is 2.38. The second-order valence-electron chi connectivity index (χ2n) is 4.15. The molecule has 2 rings (SSSR count). The molecule has 0 aliphatic rings. The van der Waals surface area contributed by atoms with Crippen molar-refractivity contribution < 1.29 is 19.0 Å². The molecule has 2 aromatic carbocycles. The van der Waals surface area contributed by atoms with Gasteiger partial charge in [0, 0.05) is 4.47 Å². The number of anilines is 1. The van der Waals surface area contributed by atoms with E-state index < -0.39 is 17.5 Å². The van der Waals surface area contributed by atoms with Gasteiger partial charge in [0.15, 0.2) is 0 Å². The summed E-state index contributed by atoms with van der Waals surface area (Å²) >= 11 is 3.30. The molecular weight excluding hydrogens is 329 g/mol. The zero-order valence-corrected chi connectivity index (χ0v) is 12.1. The standard InChI is InChI=1S/C14H11BrFNO3/c1-7-2-3-8(15)6-11(7)20-10-5-4-9(16)13(17)12(10)14(18)19/h2-6H,17H2,1H3,(H,18,19). The van der Waals surface area contributed by atoms with Crippen LogP contribution in [0.15, 0.2) is 34.8 Å². The van der Waals surface area contributed by atoms with Crippen LogP contribution in [-0.4, -0.2) is 11.1 Å². The molecule has 6 heteroatoms. The van der Waals surface area contributed by atoms with Crippen molar-refractivity contribution in [2.24, 2.45) is 0 Å². The summed E-state index contributed by atoms with van der Waals surface area (Å²) in [4.78, 5) is 11.2. The van der Waals surface area contributed by atoms with E-state index in [4.69, 9.17) is 15.6 Å². The molecule has 4 nitrogen and oxygen atoms in total. The Morgan fingerprint density at radius 2 is 2.00 bits per heavy atom. The lowest BCUT2D eigenvalue weighted by Crippen LogP contribution is -2.07. The van der Waals surface area contributed by atoms with Crippen molar-refractivity contribution >= 4 is 27.6 Å². The second-order valence-corrected chi connectivity index (χ2v) is 5.07. The third kappa shape index (κ3) is 2.75. The van der Waals surface area contributed by atoms with Crippen molar-refractivity contribution in [2.45, 2.75) is 6.92 Å². The highest BCUT2D eigenvalue weighted by Crippen LogP contribution is 2.33. The van der Waals surface area contributed by atoms with Crippen molar-refractivity contribution in [1.29, 1.82) is 0 Å². The number of benzene rings is 2. The summed E-state index contributed by atoms with van der Waals surface area (Å²) < 4.78 is 19.7. The molecule has 0 spiro atoms. The minimum atomic E-state index is -1.34. The molecule has 0 saturated carbocycles. The normalized spacial score (nSPS) is 10.3. The number of carboxylic acid groups (broad SMARTS) is 1. The third-order valence-corrected chi connectivity index (χ3v) is 3.23. The molecule has 0 aromatic heterocycles. The Bertz CT molecular complexity index is 688. The molecule has 0 amide bonds. The number of carbonyl (C=O) groups is 1. The summed E-state index contributed by atoms with van der Waals surface area (Å²) in [5.74, 6) is -1.67. The Morgan fingerprint density at radius 3 is 2.65 bits per heavy atom. The van der Waals surface area contributed by atoms with E-state index in [0.717, 1.165) is 16.1 Å². The van der Waals surface area contributed by atoms with Gasteiger partial charge in [-0.3, -0.25) is 0 Å². The van der Waals surface area contributed by atoms with Crippen LogP contribution in [-0.2, 0) is 0 Å². The third-order valence-electron chi connectivity index (χ3n) is 2.74. The van der Waals surface area contributed by atoms with E-state index in [1.807, 2.05) is 19.1 Å². The van der Waals surface area contributed by atoms with Crippen LogP contribution in [0.1, 0.15) is 15.9 Å². The molecule has 3 N–H and O–H groups in total. The molecule has 0 bridgehead atoms. The summed E-state index contributed by atoms with van der Waals surface area (Å²) in [6, 6.07) is 7.66. The van der Waals surface area contributed by atoms with Gasteiger partial charge in [0.25, 0.3) is 0 Å². The molecule has 0 fully saturated rings. The molecule has 0 heterocycles. The summed E-state index contributed by atoms with van der Waals surface area (Å²) in [5, 5.41) is 9.14. The number of halogens is 2. The first-order valence-electron chi connectivity index (χ1n) is 5.65. The van der Waals surface area contributed by atoms with Crippen LogP contribution in [0.2, 0.25) is 0 Å². The van der Waals surface area contributed by atoms with Gasteiger partial charge in [-0.05, 0) is 36.8 Å². The second kappa shape index (κ2) is 5.50. The van der Waals surface area contributed by atoms with E-state index in [0.29, 0.717) is 5.75 Å². The van der Waals surface area contributed by atoms with Crippen molar-refractivity contribution in [3.05, 3.63) is 51.7 Å². The van der Waals surface area contributed by atoms with E-state index in [1.165, 1.54) is 6.07 Å². The number of nitrogens with two attached hydrogens (primary N) is 1. The van der Waals surface area contributed by atoms with Gasteiger partial charge >= 0.3 is 5.97 Å². The molecule has 2 aromatic rings. The van der Waals surface area contributed by atoms with Gasteiger partial charge in [0.2, 0.25) is 0 Å². The van der Waals surface area contributed by atoms with Gasteiger partial charge in [-0.15, -0.1) is 0 Å². The Balaban J connectivity index is 2.51. The minimum Gasteiger partial charge on any atom is -0.477 e. The number of carboxylic acids is 1. The molecule has 20 heavy (non-hydrogen) atoms. The molecule has 0 aliphatic heterocycles. The van der Waals surface area contributed by atoms with E-state index in [2.05, 4.69) is 15.9 Å². The number of hydrogen-bond acceptors (Lipinski definition) is 3. The highest BCUT2D eigenvalue weighted by atomic mass is 79.9. The topological polar surface area (TPSA) is 72.5 Å². The van der Waals surface area contributed by atoms with E-state index >= 15 is 0 Å². The number of aromatic carboxylic acids is 1. The molecule has 104 valence electrons. The number of rotatable bonds is 3. The van der Waals surface area contributed by atoms with Crippen LogP contribution in [0.3, 0.4) is 0 Å². The Kier molecular flexibility index (Phi) is 3.94. The van der Waals surface area contributed by atoms with E-state index in [9.17, 15) is 9.18 Å². The summed E-state index contributed by atoms with van der Waals surface area (Å²) in [7, 11) is 0. The van der Waals surface area contributed by atoms with Crippen LogP contribution in [0, 0.1) is 12.7 Å². The maximum atomic E-state index is 13.4. The van der Waals surface area contributed by atoms with Crippen molar-refractivity contribution in [1.82, 2.24) is 0 Å². The van der Waals surface area contributed by atoms with Gasteiger partial charge in [0.05, 0.1) is 5.69 Å².